The van der Waals surface area contributed by atoms with Crippen LogP contribution in [-0.2, 0) is 17.8 Å². The van der Waals surface area contributed by atoms with Crippen molar-refractivity contribution in [1.29, 1.82) is 0 Å². The van der Waals surface area contributed by atoms with E-state index in [0.29, 0.717) is 6.04 Å². The van der Waals surface area contributed by atoms with Gasteiger partial charge in [-0.05, 0) is 50.4 Å². The first-order valence-electron chi connectivity index (χ1n) is 12.5. The van der Waals surface area contributed by atoms with Crippen molar-refractivity contribution < 1.29 is 4.74 Å². The summed E-state index contributed by atoms with van der Waals surface area (Å²) in [4.78, 5) is 12.7. The quantitative estimate of drug-likeness (QED) is 0.331. The maximum Gasteiger partial charge on any atom is 0.194 e. The van der Waals surface area contributed by atoms with Crippen LogP contribution < -0.4 is 5.32 Å². The molecule has 180 valence electrons. The molecule has 0 bridgehead atoms. The first kappa shape index (κ1) is 25.7. The van der Waals surface area contributed by atoms with Crippen LogP contribution in [0.2, 0.25) is 0 Å². The van der Waals surface area contributed by atoms with Gasteiger partial charge in [0.25, 0.3) is 0 Å². The van der Waals surface area contributed by atoms with Crippen LogP contribution in [0.15, 0.2) is 29.3 Å². The summed E-state index contributed by atoms with van der Waals surface area (Å²) in [6.07, 6.45) is 6.69. The number of likely N-dealkylation sites (tertiary alicyclic amines) is 2. The molecule has 7 heteroatoms. The van der Waals surface area contributed by atoms with Crippen LogP contribution in [0.4, 0.5) is 0 Å². The molecule has 0 aliphatic carbocycles. The molecular weight excluding hydrogens is 513 g/mol. The average molecular weight is 556 g/mol. The minimum absolute atomic E-state index is 0. The predicted octanol–water partition coefficient (Wildman–Crippen LogP) is 3.55. The molecule has 3 fully saturated rings. The molecule has 32 heavy (non-hydrogen) atoms. The number of ether oxygens (including phenoxy) is 1. The van der Waals surface area contributed by atoms with E-state index in [9.17, 15) is 0 Å². The number of morpholine rings is 1. The topological polar surface area (TPSA) is 43.3 Å². The second-order valence-electron chi connectivity index (χ2n) is 9.22. The maximum atomic E-state index is 5.53. The van der Waals surface area contributed by atoms with Gasteiger partial charge in [-0.1, -0.05) is 37.1 Å². The summed E-state index contributed by atoms with van der Waals surface area (Å²) >= 11 is 0. The van der Waals surface area contributed by atoms with E-state index in [1.807, 2.05) is 0 Å². The van der Waals surface area contributed by atoms with Crippen LogP contribution >= 0.6 is 24.0 Å². The van der Waals surface area contributed by atoms with Crippen molar-refractivity contribution in [2.75, 3.05) is 59.0 Å². The number of benzene rings is 1. The van der Waals surface area contributed by atoms with Gasteiger partial charge in [-0.25, -0.2) is 4.99 Å². The lowest BCUT2D eigenvalue weighted by atomic mass is 10.1. The predicted molar refractivity (Wildman–Crippen MR) is 143 cm³/mol. The molecular formula is C25H42IN5O. The van der Waals surface area contributed by atoms with Gasteiger partial charge in [0.1, 0.15) is 0 Å². The van der Waals surface area contributed by atoms with E-state index in [0.717, 1.165) is 65.0 Å². The first-order valence-corrected chi connectivity index (χ1v) is 12.5. The van der Waals surface area contributed by atoms with Crippen LogP contribution in [0.1, 0.15) is 50.2 Å². The van der Waals surface area contributed by atoms with Gasteiger partial charge < -0.3 is 15.0 Å². The van der Waals surface area contributed by atoms with Crippen molar-refractivity contribution in [1.82, 2.24) is 20.0 Å². The van der Waals surface area contributed by atoms with Crippen molar-refractivity contribution >= 4 is 29.9 Å². The van der Waals surface area contributed by atoms with Gasteiger partial charge in [0, 0.05) is 45.3 Å². The summed E-state index contributed by atoms with van der Waals surface area (Å²) in [6.45, 7) is 13.4. The number of nitrogens with zero attached hydrogens (tertiary/aromatic N) is 4. The highest BCUT2D eigenvalue weighted by atomic mass is 127. The molecule has 0 saturated carbocycles. The molecule has 1 atom stereocenters. The molecule has 1 aromatic carbocycles. The lowest BCUT2D eigenvalue weighted by Crippen LogP contribution is -2.46. The van der Waals surface area contributed by atoms with Crippen molar-refractivity contribution in [3.05, 3.63) is 35.4 Å². The molecule has 3 aliphatic rings. The van der Waals surface area contributed by atoms with Crippen LogP contribution in [0.5, 0.6) is 0 Å². The molecule has 3 saturated heterocycles. The van der Waals surface area contributed by atoms with E-state index >= 15 is 0 Å². The Hall–Kier alpha value is -0.900. The zero-order chi connectivity index (χ0) is 21.3. The van der Waals surface area contributed by atoms with Crippen LogP contribution in [0.3, 0.4) is 0 Å². The fourth-order valence-corrected chi connectivity index (χ4v) is 5.15. The van der Waals surface area contributed by atoms with E-state index in [-0.39, 0.29) is 24.0 Å². The fourth-order valence-electron chi connectivity index (χ4n) is 5.15. The van der Waals surface area contributed by atoms with Gasteiger partial charge in [0.05, 0.1) is 19.8 Å². The van der Waals surface area contributed by atoms with Crippen LogP contribution in [0, 0.1) is 0 Å². The summed E-state index contributed by atoms with van der Waals surface area (Å²) in [6, 6.07) is 9.69. The van der Waals surface area contributed by atoms with Crippen LogP contribution in [-0.4, -0.2) is 85.7 Å². The van der Waals surface area contributed by atoms with E-state index in [1.54, 1.807) is 0 Å². The van der Waals surface area contributed by atoms with E-state index in [1.165, 1.54) is 56.3 Å². The second kappa shape index (κ2) is 13.7. The Morgan fingerprint density at radius 1 is 1.03 bits per heavy atom. The SMILES string of the molecule is CCNC(=NCc1cccc(CN2CCCCCC2)c1)N1CCC(N2CCOCC2)C1.I. The third-order valence-electron chi connectivity index (χ3n) is 6.87. The molecule has 0 spiro atoms. The Balaban J connectivity index is 0.00000289. The summed E-state index contributed by atoms with van der Waals surface area (Å²) < 4.78 is 5.53. The molecule has 1 N–H and O–H groups in total. The molecule has 0 radical (unpaired) electrons. The Morgan fingerprint density at radius 3 is 2.53 bits per heavy atom. The zero-order valence-electron chi connectivity index (χ0n) is 19.8. The fraction of sp³-hybridized carbons (Fsp3) is 0.720. The van der Waals surface area contributed by atoms with Gasteiger partial charge in [-0.15, -0.1) is 24.0 Å². The Bertz CT molecular complexity index is 701. The average Bonchev–Trinajstić information content (AvgIpc) is 3.16. The number of aliphatic imine (C=N–C) groups is 1. The van der Waals surface area contributed by atoms with E-state index < -0.39 is 0 Å². The lowest BCUT2D eigenvalue weighted by molar-refractivity contribution is 0.0195. The van der Waals surface area contributed by atoms with E-state index in [4.69, 9.17) is 9.73 Å². The summed E-state index contributed by atoms with van der Waals surface area (Å²) in [5, 5.41) is 3.53. The van der Waals surface area contributed by atoms with Crippen LogP contribution in [0.25, 0.3) is 0 Å². The van der Waals surface area contributed by atoms with Gasteiger partial charge in [-0.2, -0.15) is 0 Å². The molecule has 6 nitrogen and oxygen atoms in total. The molecule has 0 amide bonds. The summed E-state index contributed by atoms with van der Waals surface area (Å²) in [5.41, 5.74) is 2.74. The third kappa shape index (κ3) is 7.57. The lowest BCUT2D eigenvalue weighted by Gasteiger charge is -2.32. The monoisotopic (exact) mass is 555 g/mol. The summed E-state index contributed by atoms with van der Waals surface area (Å²) in [5.74, 6) is 1.07. The third-order valence-corrected chi connectivity index (χ3v) is 6.87. The maximum absolute atomic E-state index is 5.53. The largest absolute Gasteiger partial charge is 0.379 e. The minimum atomic E-state index is 0. The molecule has 1 aromatic rings. The van der Waals surface area contributed by atoms with Gasteiger partial charge >= 0.3 is 0 Å². The Kier molecular flexibility index (Phi) is 11.0. The number of nitrogens with one attached hydrogen (secondary N) is 1. The molecule has 0 aromatic heterocycles. The normalized spacial score (nSPS) is 23.6. The van der Waals surface area contributed by atoms with Gasteiger partial charge in [0.15, 0.2) is 5.96 Å². The highest BCUT2D eigenvalue weighted by molar-refractivity contribution is 14.0. The van der Waals surface area contributed by atoms with Crippen molar-refractivity contribution in [3.8, 4) is 0 Å². The van der Waals surface area contributed by atoms with Crippen molar-refractivity contribution in [2.45, 2.75) is 58.2 Å². The van der Waals surface area contributed by atoms with Gasteiger partial charge in [-0.3, -0.25) is 9.80 Å². The Labute approximate surface area is 211 Å². The standard InChI is InChI=1S/C25H41N5O.HI/c1-2-26-25(30-13-10-24(21-30)29-14-16-31-17-15-29)27-19-22-8-7-9-23(18-22)20-28-11-5-3-4-6-12-28;/h7-9,18,24H,2-6,10-17,19-21H2,1H3,(H,26,27);1H. The number of hydrogen-bond acceptors (Lipinski definition) is 4. The highest BCUT2D eigenvalue weighted by Gasteiger charge is 2.30. The Morgan fingerprint density at radius 2 is 1.78 bits per heavy atom. The molecule has 4 rings (SSSR count). The number of halogens is 1. The van der Waals surface area contributed by atoms with E-state index in [2.05, 4.69) is 51.2 Å². The highest BCUT2D eigenvalue weighted by Crippen LogP contribution is 2.18. The summed E-state index contributed by atoms with van der Waals surface area (Å²) in [7, 11) is 0. The number of guanidine groups is 1. The van der Waals surface area contributed by atoms with Crippen molar-refractivity contribution in [2.24, 2.45) is 4.99 Å². The number of hydrogen-bond donors (Lipinski definition) is 1. The minimum Gasteiger partial charge on any atom is -0.379 e. The number of rotatable bonds is 6. The molecule has 1 unspecified atom stereocenters. The molecule has 3 aliphatic heterocycles. The first-order chi connectivity index (χ1) is 15.3. The molecule has 3 heterocycles. The zero-order valence-corrected chi connectivity index (χ0v) is 22.1. The second-order valence-corrected chi connectivity index (χ2v) is 9.22. The van der Waals surface area contributed by atoms with Gasteiger partial charge in [0.2, 0.25) is 0 Å². The smallest absolute Gasteiger partial charge is 0.194 e. The van der Waals surface area contributed by atoms with Crippen molar-refractivity contribution in [3.63, 3.8) is 0 Å².